The van der Waals surface area contributed by atoms with Gasteiger partial charge in [-0.05, 0) is 79.2 Å². The van der Waals surface area contributed by atoms with Crippen LogP contribution in [0.1, 0.15) is 71.2 Å². The van der Waals surface area contributed by atoms with Crippen molar-refractivity contribution in [3.63, 3.8) is 0 Å². The van der Waals surface area contributed by atoms with Crippen LogP contribution in [-0.2, 0) is 37.7 Å². The van der Waals surface area contributed by atoms with Crippen molar-refractivity contribution in [3.05, 3.63) is 132 Å². The van der Waals surface area contributed by atoms with Gasteiger partial charge in [0.2, 0.25) is 0 Å². The van der Waals surface area contributed by atoms with Crippen molar-refractivity contribution in [1.29, 1.82) is 0 Å². The van der Waals surface area contributed by atoms with E-state index in [1.165, 1.54) is 16.8 Å². The van der Waals surface area contributed by atoms with Gasteiger partial charge in [-0.15, -0.1) is 71.8 Å². The van der Waals surface area contributed by atoms with Gasteiger partial charge in [-0.3, -0.25) is 4.79 Å². The van der Waals surface area contributed by atoms with E-state index in [1.54, 1.807) is 0 Å². The molecule has 4 nitrogen and oxygen atoms in total. The second kappa shape index (κ2) is 19.7. The fourth-order valence-corrected chi connectivity index (χ4v) is 5.68. The summed E-state index contributed by atoms with van der Waals surface area (Å²) in [6.45, 7) is 8.07. The summed E-state index contributed by atoms with van der Waals surface area (Å²) in [5, 5.41) is 12.1. The number of aromatic nitrogens is 2. The first kappa shape index (κ1) is 37.5. The number of hydrogen-bond donors (Lipinski definition) is 1. The molecule has 0 bridgehead atoms. The number of aliphatic hydroxyl groups excluding tert-OH is 1. The Labute approximate surface area is 294 Å². The Kier molecular flexibility index (Phi) is 15.7. The molecular weight excluding hydrogens is 757 g/mol. The summed E-state index contributed by atoms with van der Waals surface area (Å²) in [5.74, 6) is 0.547. The van der Waals surface area contributed by atoms with Crippen molar-refractivity contribution in [1.82, 2.24) is 9.97 Å². The maximum Gasteiger partial charge on any atom is 0.162 e. The summed E-state index contributed by atoms with van der Waals surface area (Å²) < 4.78 is 0. The van der Waals surface area contributed by atoms with Crippen LogP contribution in [-0.4, -0.2) is 20.9 Å². The molecule has 0 aliphatic carbocycles. The molecule has 0 spiro atoms. The minimum atomic E-state index is 0. The molecule has 0 atom stereocenters. The number of aliphatic hydroxyl groups is 1. The molecule has 5 heteroatoms. The Hall–Kier alpha value is -3.92. The minimum Gasteiger partial charge on any atom is -0.512 e. The molecule has 0 aliphatic heterocycles. The second-order valence-corrected chi connectivity index (χ2v) is 11.6. The van der Waals surface area contributed by atoms with E-state index in [0.717, 1.165) is 78.8 Å². The number of aryl methyl sites for hydroxylation is 2. The predicted octanol–water partition coefficient (Wildman–Crippen LogP) is 10.6. The maximum absolute atomic E-state index is 11.7. The van der Waals surface area contributed by atoms with Gasteiger partial charge in [-0.1, -0.05) is 64.1 Å². The number of carbonyl (C=O) groups is 1. The van der Waals surface area contributed by atoms with Gasteiger partial charge in [0.25, 0.3) is 0 Å². The zero-order chi connectivity index (χ0) is 32.7. The van der Waals surface area contributed by atoms with Gasteiger partial charge >= 0.3 is 0 Å². The largest absolute Gasteiger partial charge is 0.512 e. The van der Waals surface area contributed by atoms with E-state index in [2.05, 4.69) is 60.7 Å². The molecule has 0 aliphatic rings. The quantitative estimate of drug-likeness (QED) is 0.0732. The van der Waals surface area contributed by atoms with Crippen LogP contribution in [0.3, 0.4) is 0 Å². The summed E-state index contributed by atoms with van der Waals surface area (Å²) in [7, 11) is 0. The molecular formula is C42H46IrN2O2-2. The normalized spacial score (nSPS) is 11.2. The van der Waals surface area contributed by atoms with Gasteiger partial charge in [-0.2, -0.15) is 0 Å². The smallest absolute Gasteiger partial charge is 0.162 e. The zero-order valence-electron chi connectivity index (χ0n) is 28.0. The Bertz CT molecular complexity index is 1690. The molecule has 0 saturated heterocycles. The zero-order valence-corrected chi connectivity index (χ0v) is 30.4. The van der Waals surface area contributed by atoms with E-state index < -0.39 is 0 Å². The number of benzene rings is 3. The third kappa shape index (κ3) is 10.8. The third-order valence-electron chi connectivity index (χ3n) is 8.50. The molecule has 0 amide bonds. The monoisotopic (exact) mass is 803 g/mol. The van der Waals surface area contributed by atoms with Gasteiger partial charge in [0.05, 0.1) is 5.76 Å². The van der Waals surface area contributed by atoms with E-state index in [0.29, 0.717) is 0 Å². The molecule has 247 valence electrons. The number of rotatable bonds is 13. The first-order chi connectivity index (χ1) is 22.5. The standard InChI is InChI=1S/C29H22N2.C13H24O2.Ir/c1-3-11-22(12-4-1)28-20-10-17-25(30-28)16-9-18-26-21-24-15-7-8-19-27(24)29(31-26)23-13-5-2-6-14-23;1-5-10(6-2)12(14)9-13(15)11(7-3)8-4;/h1-8,10-11,13,15,17,19-21H,9,16,18H2;9-11,14H,5-8H2,1-4H3;/q-2;;/b;12-9-;. The molecule has 0 saturated carbocycles. The molecule has 0 unspecified atom stereocenters. The van der Waals surface area contributed by atoms with Crippen LogP contribution in [0.5, 0.6) is 0 Å². The van der Waals surface area contributed by atoms with Crippen molar-refractivity contribution in [2.24, 2.45) is 11.8 Å². The predicted molar refractivity (Wildman–Crippen MR) is 190 cm³/mol. The van der Waals surface area contributed by atoms with E-state index in [4.69, 9.17) is 9.97 Å². The molecule has 1 N–H and O–H groups in total. The summed E-state index contributed by atoms with van der Waals surface area (Å²) in [6, 6.07) is 39.5. The number of fused-ring (bicyclic) bond motifs is 1. The Morgan fingerprint density at radius 1 is 0.723 bits per heavy atom. The molecule has 1 radical (unpaired) electrons. The molecule has 3 aromatic carbocycles. The average Bonchev–Trinajstić information content (AvgIpc) is 3.10. The Balaban J connectivity index is 0.000000322. The van der Waals surface area contributed by atoms with Crippen molar-refractivity contribution in [2.75, 3.05) is 0 Å². The summed E-state index contributed by atoms with van der Waals surface area (Å²) in [5.41, 5.74) is 6.27. The minimum absolute atomic E-state index is 0. The summed E-state index contributed by atoms with van der Waals surface area (Å²) >= 11 is 0. The Morgan fingerprint density at radius 2 is 1.34 bits per heavy atom. The number of allylic oxidation sites excluding steroid dienone is 2. The van der Waals surface area contributed by atoms with E-state index >= 15 is 0 Å². The van der Waals surface area contributed by atoms with Crippen LogP contribution in [0.15, 0.2) is 109 Å². The number of pyridine rings is 2. The topological polar surface area (TPSA) is 63.1 Å². The van der Waals surface area contributed by atoms with Gasteiger partial charge in [-0.25, -0.2) is 0 Å². The average molecular weight is 803 g/mol. The first-order valence-corrected chi connectivity index (χ1v) is 16.7. The van der Waals surface area contributed by atoms with Crippen LogP contribution in [0, 0.1) is 24.0 Å². The Morgan fingerprint density at radius 3 is 1.98 bits per heavy atom. The van der Waals surface area contributed by atoms with Crippen LogP contribution >= 0.6 is 0 Å². The number of carbonyl (C=O) groups excluding carboxylic acids is 1. The van der Waals surface area contributed by atoms with Gasteiger partial charge in [0.15, 0.2) is 5.78 Å². The molecule has 2 heterocycles. The first-order valence-electron chi connectivity index (χ1n) is 16.7. The number of hydrogen-bond acceptors (Lipinski definition) is 4. The molecule has 5 aromatic rings. The van der Waals surface area contributed by atoms with Gasteiger partial charge in [0, 0.05) is 49.4 Å². The van der Waals surface area contributed by atoms with E-state index in [9.17, 15) is 9.90 Å². The summed E-state index contributed by atoms with van der Waals surface area (Å²) in [6.07, 6.45) is 7.73. The number of nitrogens with zero attached hydrogens (tertiary/aromatic N) is 2. The molecule has 0 fully saturated rings. The van der Waals surface area contributed by atoms with Crippen LogP contribution < -0.4 is 0 Å². The van der Waals surface area contributed by atoms with Crippen molar-refractivity contribution in [3.8, 4) is 22.5 Å². The molecule has 2 aromatic heterocycles. The number of ketones is 1. The van der Waals surface area contributed by atoms with E-state index in [1.807, 2.05) is 76.2 Å². The summed E-state index contributed by atoms with van der Waals surface area (Å²) in [4.78, 5) is 21.6. The van der Waals surface area contributed by atoms with Crippen molar-refractivity contribution < 1.29 is 30.0 Å². The fraction of sp³-hybridized carbons (Fsp3) is 0.310. The maximum atomic E-state index is 11.7. The van der Waals surface area contributed by atoms with E-state index in [-0.39, 0.29) is 43.5 Å². The van der Waals surface area contributed by atoms with Gasteiger partial charge < -0.3 is 15.1 Å². The molecule has 47 heavy (non-hydrogen) atoms. The van der Waals surface area contributed by atoms with Crippen LogP contribution in [0.4, 0.5) is 0 Å². The second-order valence-electron chi connectivity index (χ2n) is 11.6. The third-order valence-corrected chi connectivity index (χ3v) is 8.50. The van der Waals surface area contributed by atoms with Gasteiger partial charge in [0.1, 0.15) is 0 Å². The van der Waals surface area contributed by atoms with Crippen LogP contribution in [0.25, 0.3) is 33.3 Å². The van der Waals surface area contributed by atoms with Crippen molar-refractivity contribution >= 4 is 16.6 Å². The SMILES string of the molecule is CCC(CC)C(=O)/C=C(\O)C(CC)CC.[Ir].[c-]1ccccc1-c1cccc(CCCc2cc3ccccc3c(-c3[c-]cccc3)n2)n1. The van der Waals surface area contributed by atoms with Crippen molar-refractivity contribution in [2.45, 2.75) is 72.6 Å². The van der Waals surface area contributed by atoms with Crippen LogP contribution in [0.2, 0.25) is 0 Å². The molecule has 5 rings (SSSR count). The fourth-order valence-electron chi connectivity index (χ4n) is 5.68.